The summed E-state index contributed by atoms with van der Waals surface area (Å²) >= 11 is 0. The molecule has 6 nitrogen and oxygen atoms in total. The van der Waals surface area contributed by atoms with E-state index in [0.29, 0.717) is 0 Å². The molecule has 0 amide bonds. The summed E-state index contributed by atoms with van der Waals surface area (Å²) in [6.07, 6.45) is -2.04. The van der Waals surface area contributed by atoms with Gasteiger partial charge < -0.3 is 11.1 Å². The molecule has 0 radical (unpaired) electrons. The topological polar surface area (TPSA) is 92.5 Å². The summed E-state index contributed by atoms with van der Waals surface area (Å²) in [5.41, 5.74) is 4.39. The maximum Gasteiger partial charge on any atom is 0.422 e. The lowest BCUT2D eigenvalue weighted by Crippen LogP contribution is -2.16. The predicted molar refractivity (Wildman–Crippen MR) is 63.2 cm³/mol. The van der Waals surface area contributed by atoms with E-state index in [4.69, 9.17) is 5.73 Å². The molecule has 0 fully saturated rings. The van der Waals surface area contributed by atoms with Crippen LogP contribution in [-0.4, -0.2) is 26.7 Å². The molecule has 0 bridgehead atoms. The maximum absolute atomic E-state index is 13.2. The number of aromatic nitrogens is 4. The molecular formula is C10H11F3N6. The summed E-state index contributed by atoms with van der Waals surface area (Å²) in [6, 6.07) is 0. The Morgan fingerprint density at radius 2 is 2.11 bits per heavy atom. The van der Waals surface area contributed by atoms with E-state index in [1.54, 1.807) is 6.92 Å². The third-order valence-corrected chi connectivity index (χ3v) is 2.33. The molecule has 2 aromatic rings. The first-order valence-electron chi connectivity index (χ1n) is 5.41. The molecule has 2 rings (SSSR count). The summed E-state index contributed by atoms with van der Waals surface area (Å²) in [6.45, 7) is 1.94. The van der Waals surface area contributed by atoms with Crippen LogP contribution in [0.4, 0.5) is 24.9 Å². The van der Waals surface area contributed by atoms with Crippen molar-refractivity contribution in [3.05, 3.63) is 18.0 Å². The van der Waals surface area contributed by atoms with E-state index in [0.717, 1.165) is 0 Å². The molecule has 0 aliphatic carbocycles. The second-order valence-corrected chi connectivity index (χ2v) is 3.67. The number of hydrogen-bond donors (Lipinski definition) is 3. The van der Waals surface area contributed by atoms with Gasteiger partial charge >= 0.3 is 6.18 Å². The zero-order valence-corrected chi connectivity index (χ0v) is 9.91. The van der Waals surface area contributed by atoms with Crippen LogP contribution in [0.5, 0.6) is 0 Å². The van der Waals surface area contributed by atoms with Crippen LogP contribution in [0.15, 0.2) is 12.4 Å². The number of alkyl halides is 3. The Hall–Kier alpha value is -2.32. The Morgan fingerprint density at radius 3 is 2.63 bits per heavy atom. The van der Waals surface area contributed by atoms with Gasteiger partial charge in [-0.1, -0.05) is 0 Å². The van der Waals surface area contributed by atoms with Crippen LogP contribution in [0.2, 0.25) is 0 Å². The molecule has 0 spiro atoms. The minimum Gasteiger partial charge on any atom is -0.370 e. The molecule has 0 aliphatic rings. The lowest BCUT2D eigenvalue weighted by atomic mass is 10.1. The number of nitrogens with zero attached hydrogens (tertiary/aromatic N) is 3. The van der Waals surface area contributed by atoms with Gasteiger partial charge in [0.2, 0.25) is 5.95 Å². The normalized spacial score (nSPS) is 11.6. The zero-order valence-electron chi connectivity index (χ0n) is 9.91. The second kappa shape index (κ2) is 4.75. The van der Waals surface area contributed by atoms with Crippen molar-refractivity contribution in [3.8, 4) is 11.3 Å². The van der Waals surface area contributed by atoms with Crippen LogP contribution in [0.1, 0.15) is 12.5 Å². The van der Waals surface area contributed by atoms with E-state index in [2.05, 4.69) is 25.5 Å². The highest BCUT2D eigenvalue weighted by Crippen LogP contribution is 2.40. The Kier molecular flexibility index (Phi) is 3.28. The largest absolute Gasteiger partial charge is 0.422 e. The molecular weight excluding hydrogens is 261 g/mol. The number of nitrogens with two attached hydrogens (primary N) is 1. The average Bonchev–Trinajstić information content (AvgIpc) is 2.79. The lowest BCUT2D eigenvalue weighted by molar-refractivity contribution is -0.136. The summed E-state index contributed by atoms with van der Waals surface area (Å²) in [4.78, 5) is 7.28. The van der Waals surface area contributed by atoms with Gasteiger partial charge in [-0.25, -0.2) is 4.98 Å². The van der Waals surface area contributed by atoms with E-state index >= 15 is 0 Å². The van der Waals surface area contributed by atoms with Crippen molar-refractivity contribution < 1.29 is 13.2 Å². The first-order valence-corrected chi connectivity index (χ1v) is 5.41. The summed E-state index contributed by atoms with van der Waals surface area (Å²) in [7, 11) is 0. The van der Waals surface area contributed by atoms with Crippen LogP contribution in [-0.2, 0) is 6.18 Å². The molecule has 102 valence electrons. The fourth-order valence-corrected chi connectivity index (χ4v) is 1.63. The van der Waals surface area contributed by atoms with Crippen LogP contribution < -0.4 is 11.1 Å². The Labute approximate surface area is 106 Å². The molecule has 9 heteroatoms. The van der Waals surface area contributed by atoms with Crippen LogP contribution in [0.25, 0.3) is 11.3 Å². The van der Waals surface area contributed by atoms with Gasteiger partial charge in [0, 0.05) is 18.3 Å². The summed E-state index contributed by atoms with van der Waals surface area (Å²) in [5, 5.41) is 8.60. The minimum absolute atomic E-state index is 0.195. The Bertz CT molecular complexity index is 563. The van der Waals surface area contributed by atoms with Crippen molar-refractivity contribution in [2.45, 2.75) is 13.1 Å². The highest BCUT2D eigenvalue weighted by Gasteiger charge is 2.39. The molecule has 4 N–H and O–H groups in total. The second-order valence-electron chi connectivity index (χ2n) is 3.67. The van der Waals surface area contributed by atoms with Crippen molar-refractivity contribution in [1.29, 1.82) is 0 Å². The van der Waals surface area contributed by atoms with Crippen LogP contribution in [0, 0.1) is 0 Å². The van der Waals surface area contributed by atoms with Crippen molar-refractivity contribution in [2.75, 3.05) is 17.6 Å². The smallest absolute Gasteiger partial charge is 0.370 e. The van der Waals surface area contributed by atoms with Crippen LogP contribution >= 0.6 is 0 Å². The first-order chi connectivity index (χ1) is 8.93. The monoisotopic (exact) mass is 272 g/mol. The lowest BCUT2D eigenvalue weighted by Gasteiger charge is -2.16. The molecule has 0 atom stereocenters. The van der Waals surface area contributed by atoms with E-state index in [-0.39, 0.29) is 29.6 Å². The van der Waals surface area contributed by atoms with E-state index < -0.39 is 11.7 Å². The molecule has 2 heterocycles. The van der Waals surface area contributed by atoms with Crippen molar-refractivity contribution in [3.63, 3.8) is 0 Å². The third-order valence-electron chi connectivity index (χ3n) is 2.33. The number of rotatable bonds is 3. The van der Waals surface area contributed by atoms with Gasteiger partial charge in [-0.3, -0.25) is 5.10 Å². The van der Waals surface area contributed by atoms with Gasteiger partial charge in [-0.15, -0.1) is 0 Å². The summed E-state index contributed by atoms with van der Waals surface area (Å²) in [5.74, 6) is -0.571. The van der Waals surface area contributed by atoms with Crippen LogP contribution in [0.3, 0.4) is 0 Å². The number of hydrogen-bond acceptors (Lipinski definition) is 5. The average molecular weight is 272 g/mol. The minimum atomic E-state index is -4.60. The fourth-order valence-electron chi connectivity index (χ4n) is 1.63. The molecule has 2 aromatic heterocycles. The van der Waals surface area contributed by atoms with E-state index in [1.807, 2.05) is 0 Å². The van der Waals surface area contributed by atoms with Gasteiger partial charge in [0.15, 0.2) is 0 Å². The number of aromatic amines is 1. The quantitative estimate of drug-likeness (QED) is 0.793. The molecule has 0 saturated heterocycles. The SMILES string of the molecule is CCNc1nc(N)nc(-c2cn[nH]c2)c1C(F)(F)F. The van der Waals surface area contributed by atoms with Crippen molar-refractivity contribution in [2.24, 2.45) is 0 Å². The van der Waals surface area contributed by atoms with Crippen molar-refractivity contribution in [1.82, 2.24) is 20.2 Å². The zero-order chi connectivity index (χ0) is 14.0. The molecule has 0 aliphatic heterocycles. The Morgan fingerprint density at radius 1 is 1.37 bits per heavy atom. The number of anilines is 2. The number of halogens is 3. The number of nitrogen functional groups attached to an aromatic ring is 1. The molecule has 0 aromatic carbocycles. The van der Waals surface area contributed by atoms with Gasteiger partial charge in [0.1, 0.15) is 11.4 Å². The standard InChI is InChI=1S/C10H11F3N6/c1-2-15-8-6(10(11,12)13)7(18-9(14)19-8)5-3-16-17-4-5/h3-4H,2H2,1H3,(H,16,17)(H3,14,15,18,19). The van der Waals surface area contributed by atoms with Gasteiger partial charge in [0.25, 0.3) is 0 Å². The van der Waals surface area contributed by atoms with Gasteiger partial charge in [-0.05, 0) is 6.92 Å². The first kappa shape index (κ1) is 13.1. The number of H-pyrrole nitrogens is 1. The summed E-state index contributed by atoms with van der Waals surface area (Å²) < 4.78 is 39.5. The number of nitrogens with one attached hydrogen (secondary N) is 2. The van der Waals surface area contributed by atoms with Crippen molar-refractivity contribution >= 4 is 11.8 Å². The van der Waals surface area contributed by atoms with Gasteiger partial charge in [0.05, 0.1) is 11.9 Å². The highest BCUT2D eigenvalue weighted by atomic mass is 19.4. The fraction of sp³-hybridized carbons (Fsp3) is 0.300. The van der Waals surface area contributed by atoms with Gasteiger partial charge in [-0.2, -0.15) is 23.3 Å². The van der Waals surface area contributed by atoms with E-state index in [9.17, 15) is 13.2 Å². The van der Waals surface area contributed by atoms with E-state index in [1.165, 1.54) is 12.4 Å². The molecule has 0 unspecified atom stereocenters. The maximum atomic E-state index is 13.2. The molecule has 19 heavy (non-hydrogen) atoms. The highest BCUT2D eigenvalue weighted by molar-refractivity contribution is 5.70. The predicted octanol–water partition coefficient (Wildman–Crippen LogP) is 1.90. The Balaban J connectivity index is 2.70. The molecule has 0 saturated carbocycles. The third kappa shape index (κ3) is 2.59.